The lowest BCUT2D eigenvalue weighted by atomic mass is 10.2. The Morgan fingerprint density at radius 2 is 2.40 bits per heavy atom. The van der Waals surface area contributed by atoms with Crippen LogP contribution in [-0.2, 0) is 13.2 Å². The molecule has 15 heavy (non-hydrogen) atoms. The first-order chi connectivity index (χ1) is 7.19. The molecule has 84 valence electrons. The molecule has 1 N–H and O–H groups in total. The average Bonchev–Trinajstić information content (AvgIpc) is 2.57. The number of hydrogen-bond acceptors (Lipinski definition) is 3. The van der Waals surface area contributed by atoms with E-state index >= 15 is 0 Å². The molecule has 3 nitrogen and oxygen atoms in total. The molecule has 0 fully saturated rings. The van der Waals surface area contributed by atoms with Gasteiger partial charge in [0.25, 0.3) is 0 Å². The third-order valence-corrected chi connectivity index (χ3v) is 2.93. The smallest absolute Gasteiger partial charge is 0.168 e. The largest absolute Gasteiger partial charge is 0.390 e. The summed E-state index contributed by atoms with van der Waals surface area (Å²) in [7, 11) is 0. The summed E-state index contributed by atoms with van der Waals surface area (Å²) in [4.78, 5) is 4.30. The van der Waals surface area contributed by atoms with Gasteiger partial charge in [0.15, 0.2) is 5.16 Å². The van der Waals surface area contributed by atoms with Crippen molar-refractivity contribution >= 4 is 11.8 Å². The molecule has 1 heterocycles. The molecule has 0 aliphatic carbocycles. The van der Waals surface area contributed by atoms with Crippen molar-refractivity contribution in [3.05, 3.63) is 24.5 Å². The van der Waals surface area contributed by atoms with E-state index in [4.69, 9.17) is 0 Å². The van der Waals surface area contributed by atoms with Crippen molar-refractivity contribution in [2.24, 2.45) is 5.92 Å². The minimum Gasteiger partial charge on any atom is -0.390 e. The number of thioether (sulfide) groups is 1. The van der Waals surface area contributed by atoms with Gasteiger partial charge in [-0.15, -0.1) is 6.58 Å². The van der Waals surface area contributed by atoms with E-state index in [1.54, 1.807) is 18.0 Å². The summed E-state index contributed by atoms with van der Waals surface area (Å²) in [6.07, 6.45) is 3.60. The molecule has 0 aliphatic heterocycles. The van der Waals surface area contributed by atoms with Crippen molar-refractivity contribution in [3.8, 4) is 0 Å². The summed E-state index contributed by atoms with van der Waals surface area (Å²) < 4.78 is 2.08. The molecule has 1 aromatic heterocycles. The number of nitrogens with zero attached hydrogens (tertiary/aromatic N) is 2. The summed E-state index contributed by atoms with van der Waals surface area (Å²) in [5, 5.41) is 10.1. The van der Waals surface area contributed by atoms with Crippen LogP contribution >= 0.6 is 11.8 Å². The van der Waals surface area contributed by atoms with Crippen LogP contribution in [0.1, 0.15) is 19.5 Å². The molecule has 0 saturated heterocycles. The predicted octanol–water partition coefficient (Wildman–Crippen LogP) is 2.31. The Morgan fingerprint density at radius 3 is 2.93 bits per heavy atom. The molecular weight excluding hydrogens is 208 g/mol. The zero-order chi connectivity index (χ0) is 11.3. The number of aromatic nitrogens is 2. The summed E-state index contributed by atoms with van der Waals surface area (Å²) in [5.41, 5.74) is 0.885. The highest BCUT2D eigenvalue weighted by atomic mass is 32.2. The average molecular weight is 226 g/mol. The van der Waals surface area contributed by atoms with Gasteiger partial charge in [-0.2, -0.15) is 0 Å². The van der Waals surface area contributed by atoms with Crippen LogP contribution in [0.15, 0.2) is 24.0 Å². The molecule has 1 rings (SSSR count). The second-order valence-electron chi connectivity index (χ2n) is 3.79. The number of hydrogen-bond donors (Lipinski definition) is 1. The molecule has 0 atom stereocenters. The zero-order valence-electron chi connectivity index (χ0n) is 9.31. The van der Waals surface area contributed by atoms with Crippen LogP contribution in [0, 0.1) is 5.92 Å². The van der Waals surface area contributed by atoms with Gasteiger partial charge in [0, 0.05) is 12.3 Å². The van der Waals surface area contributed by atoms with Crippen LogP contribution < -0.4 is 0 Å². The number of aliphatic hydroxyl groups is 1. The lowest BCUT2D eigenvalue weighted by Gasteiger charge is -2.12. The molecule has 0 aromatic carbocycles. The van der Waals surface area contributed by atoms with E-state index < -0.39 is 0 Å². The van der Waals surface area contributed by atoms with Gasteiger partial charge in [-0.05, 0) is 5.92 Å². The van der Waals surface area contributed by atoms with E-state index in [1.165, 1.54) is 0 Å². The van der Waals surface area contributed by atoms with Gasteiger partial charge in [0.1, 0.15) is 0 Å². The van der Waals surface area contributed by atoms with Crippen molar-refractivity contribution in [3.63, 3.8) is 0 Å². The summed E-state index contributed by atoms with van der Waals surface area (Å²) in [6, 6.07) is 0. The molecule has 0 spiro atoms. The first kappa shape index (κ1) is 12.3. The van der Waals surface area contributed by atoms with Gasteiger partial charge in [0.05, 0.1) is 18.5 Å². The Bertz CT molecular complexity index is 320. The van der Waals surface area contributed by atoms with Crippen LogP contribution in [0.5, 0.6) is 0 Å². The number of aliphatic hydroxyl groups excluding tert-OH is 1. The molecule has 0 bridgehead atoms. The first-order valence-electron chi connectivity index (χ1n) is 5.08. The predicted molar refractivity (Wildman–Crippen MR) is 63.9 cm³/mol. The van der Waals surface area contributed by atoms with Crippen molar-refractivity contribution in [2.75, 3.05) is 5.75 Å². The van der Waals surface area contributed by atoms with Gasteiger partial charge in [-0.25, -0.2) is 4.98 Å². The van der Waals surface area contributed by atoms with Crippen LogP contribution in [0.4, 0.5) is 0 Å². The quantitative estimate of drug-likeness (QED) is 0.597. The third-order valence-electron chi connectivity index (χ3n) is 1.94. The number of imidazole rings is 1. The summed E-state index contributed by atoms with van der Waals surface area (Å²) >= 11 is 1.65. The highest BCUT2D eigenvalue weighted by Gasteiger charge is 2.10. The van der Waals surface area contributed by atoms with Gasteiger partial charge < -0.3 is 9.67 Å². The zero-order valence-corrected chi connectivity index (χ0v) is 10.1. The molecule has 4 heteroatoms. The van der Waals surface area contributed by atoms with Crippen LogP contribution in [0.25, 0.3) is 0 Å². The molecule has 1 aromatic rings. The van der Waals surface area contributed by atoms with Gasteiger partial charge in [-0.3, -0.25) is 0 Å². The van der Waals surface area contributed by atoms with E-state index in [-0.39, 0.29) is 6.61 Å². The Hall–Kier alpha value is -0.740. The minimum absolute atomic E-state index is 0.0500. The maximum Gasteiger partial charge on any atom is 0.168 e. The van der Waals surface area contributed by atoms with E-state index in [0.29, 0.717) is 5.92 Å². The Morgan fingerprint density at radius 1 is 1.67 bits per heavy atom. The first-order valence-corrected chi connectivity index (χ1v) is 6.06. The fourth-order valence-electron chi connectivity index (χ4n) is 1.33. The van der Waals surface area contributed by atoms with E-state index in [1.807, 2.05) is 6.08 Å². The van der Waals surface area contributed by atoms with Gasteiger partial charge in [-0.1, -0.05) is 31.7 Å². The van der Waals surface area contributed by atoms with E-state index in [9.17, 15) is 5.11 Å². The highest BCUT2D eigenvalue weighted by Crippen LogP contribution is 2.20. The molecule has 0 aliphatic rings. The molecule has 0 saturated carbocycles. The second kappa shape index (κ2) is 5.98. The van der Waals surface area contributed by atoms with Crippen LogP contribution in [0.2, 0.25) is 0 Å². The SMILES string of the molecule is C=CCSc1ncc(CO)n1CC(C)C. The molecular formula is C11H18N2OS. The minimum atomic E-state index is 0.0500. The summed E-state index contributed by atoms with van der Waals surface area (Å²) in [5.74, 6) is 1.40. The Labute approximate surface area is 95.2 Å². The molecule has 0 amide bonds. The van der Waals surface area contributed by atoms with Crippen LogP contribution in [0.3, 0.4) is 0 Å². The summed E-state index contributed by atoms with van der Waals surface area (Å²) in [6.45, 7) is 8.95. The van der Waals surface area contributed by atoms with E-state index in [2.05, 4.69) is 30.0 Å². The standard InChI is InChI=1S/C11H18N2OS/c1-4-5-15-11-12-6-10(8-14)13(11)7-9(2)3/h4,6,9,14H,1,5,7-8H2,2-3H3. The van der Waals surface area contributed by atoms with Gasteiger partial charge in [0.2, 0.25) is 0 Å². The maximum atomic E-state index is 9.18. The van der Waals surface area contributed by atoms with Crippen LogP contribution in [-0.4, -0.2) is 20.4 Å². The molecule has 0 unspecified atom stereocenters. The molecule has 0 radical (unpaired) electrons. The van der Waals surface area contributed by atoms with Crippen molar-refractivity contribution in [1.29, 1.82) is 0 Å². The lowest BCUT2D eigenvalue weighted by molar-refractivity contribution is 0.266. The van der Waals surface area contributed by atoms with Crippen molar-refractivity contribution in [1.82, 2.24) is 9.55 Å². The topological polar surface area (TPSA) is 38.1 Å². The van der Waals surface area contributed by atoms with Gasteiger partial charge >= 0.3 is 0 Å². The highest BCUT2D eigenvalue weighted by molar-refractivity contribution is 7.99. The van der Waals surface area contributed by atoms with E-state index in [0.717, 1.165) is 23.1 Å². The Balaban J connectivity index is 2.84. The number of rotatable bonds is 6. The fourth-order valence-corrected chi connectivity index (χ4v) is 2.07. The fraction of sp³-hybridized carbons (Fsp3) is 0.545. The lowest BCUT2D eigenvalue weighted by Crippen LogP contribution is -2.09. The van der Waals surface area contributed by atoms with Crippen molar-refractivity contribution < 1.29 is 5.11 Å². The monoisotopic (exact) mass is 226 g/mol. The van der Waals surface area contributed by atoms with Crippen molar-refractivity contribution in [2.45, 2.75) is 32.2 Å². The second-order valence-corrected chi connectivity index (χ2v) is 4.78. The Kier molecular flexibility index (Phi) is 4.91. The third kappa shape index (κ3) is 3.39. The maximum absolute atomic E-state index is 9.18. The normalized spacial score (nSPS) is 10.9.